The minimum atomic E-state index is -0.401. The third kappa shape index (κ3) is 5.57. The topological polar surface area (TPSA) is 73.2 Å². The van der Waals surface area contributed by atoms with E-state index in [2.05, 4.69) is 5.32 Å². The summed E-state index contributed by atoms with van der Waals surface area (Å²) in [5.41, 5.74) is 1.48. The summed E-state index contributed by atoms with van der Waals surface area (Å²) in [5, 5.41) is 4.12. The van der Waals surface area contributed by atoms with Gasteiger partial charge in [-0.05, 0) is 55.2 Å². The molecule has 0 radical (unpaired) electrons. The monoisotopic (exact) mass is 489 g/mol. The molecule has 1 fully saturated rings. The van der Waals surface area contributed by atoms with Crippen LogP contribution in [-0.2, 0) is 17.0 Å². The van der Waals surface area contributed by atoms with Crippen molar-refractivity contribution in [3.63, 3.8) is 0 Å². The van der Waals surface area contributed by atoms with Gasteiger partial charge in [-0.25, -0.2) is 9.37 Å². The molecule has 3 aromatic rings. The van der Waals surface area contributed by atoms with Crippen LogP contribution in [0.15, 0.2) is 46.3 Å². The van der Waals surface area contributed by atoms with Crippen LogP contribution in [-0.4, -0.2) is 34.7 Å². The second-order valence-corrected chi connectivity index (χ2v) is 9.31. The quantitative estimate of drug-likeness (QED) is 0.363. The molecule has 1 saturated heterocycles. The van der Waals surface area contributed by atoms with Crippen molar-refractivity contribution in [1.82, 2.24) is 14.9 Å². The summed E-state index contributed by atoms with van der Waals surface area (Å²) in [6.45, 7) is 3.65. The van der Waals surface area contributed by atoms with Gasteiger partial charge < -0.3 is 10.1 Å². The van der Waals surface area contributed by atoms with Gasteiger partial charge in [0.15, 0.2) is 5.16 Å². The van der Waals surface area contributed by atoms with Crippen LogP contribution in [0, 0.1) is 5.82 Å². The summed E-state index contributed by atoms with van der Waals surface area (Å²) >= 11 is 7.54. The predicted octanol–water partition coefficient (Wildman–Crippen LogP) is 4.80. The first kappa shape index (κ1) is 23.7. The van der Waals surface area contributed by atoms with E-state index in [9.17, 15) is 14.0 Å². The lowest BCUT2D eigenvalue weighted by molar-refractivity contribution is 0.0937. The van der Waals surface area contributed by atoms with Crippen molar-refractivity contribution in [3.05, 3.63) is 68.7 Å². The van der Waals surface area contributed by atoms with Crippen LogP contribution >= 0.6 is 23.4 Å². The molecule has 1 aliphatic heterocycles. The second kappa shape index (κ2) is 10.7. The van der Waals surface area contributed by atoms with E-state index in [4.69, 9.17) is 21.3 Å². The molecule has 33 heavy (non-hydrogen) atoms. The zero-order chi connectivity index (χ0) is 23.4. The van der Waals surface area contributed by atoms with Crippen molar-refractivity contribution in [2.45, 2.75) is 49.7 Å². The first-order chi connectivity index (χ1) is 16.0. The maximum atomic E-state index is 13.4. The third-order valence-electron chi connectivity index (χ3n) is 5.50. The van der Waals surface area contributed by atoms with E-state index in [0.29, 0.717) is 52.1 Å². The highest BCUT2D eigenvalue weighted by atomic mass is 35.5. The molecular formula is C24H25ClFN3O3S. The summed E-state index contributed by atoms with van der Waals surface area (Å²) in [6, 6.07) is 9.21. The number of nitrogens with zero attached hydrogens (tertiary/aromatic N) is 2. The molecule has 174 valence electrons. The molecule has 1 atom stereocenters. The number of fused-ring (bicyclic) bond motifs is 1. The number of halogens is 2. The number of nitrogens with one attached hydrogen (secondary N) is 1. The fourth-order valence-electron chi connectivity index (χ4n) is 3.73. The molecular weight excluding hydrogens is 465 g/mol. The van der Waals surface area contributed by atoms with E-state index in [-0.39, 0.29) is 17.6 Å². The van der Waals surface area contributed by atoms with Gasteiger partial charge in [0.05, 0.1) is 23.6 Å². The molecule has 6 nitrogen and oxygen atoms in total. The van der Waals surface area contributed by atoms with E-state index in [1.165, 1.54) is 23.9 Å². The second-order valence-electron chi connectivity index (χ2n) is 7.96. The van der Waals surface area contributed by atoms with Crippen LogP contribution in [0.3, 0.4) is 0 Å². The van der Waals surface area contributed by atoms with E-state index in [1.807, 2.05) is 6.92 Å². The highest BCUT2D eigenvalue weighted by Crippen LogP contribution is 2.28. The lowest BCUT2D eigenvalue weighted by atomic mass is 10.1. The lowest BCUT2D eigenvalue weighted by Crippen LogP contribution is -2.29. The normalized spacial score (nSPS) is 15.8. The molecule has 1 aliphatic rings. The van der Waals surface area contributed by atoms with Gasteiger partial charge in [-0.1, -0.05) is 36.4 Å². The fraction of sp³-hybridized carbons (Fsp3) is 0.375. The summed E-state index contributed by atoms with van der Waals surface area (Å²) in [5.74, 6) is -0.183. The third-order valence-corrected chi connectivity index (χ3v) is 6.88. The van der Waals surface area contributed by atoms with Crippen LogP contribution in [0.4, 0.5) is 4.39 Å². The first-order valence-corrected chi connectivity index (χ1v) is 12.3. The lowest BCUT2D eigenvalue weighted by Gasteiger charge is -2.17. The Kier molecular flexibility index (Phi) is 7.67. The summed E-state index contributed by atoms with van der Waals surface area (Å²) in [4.78, 5) is 30.5. The minimum absolute atomic E-state index is 0.0465. The molecule has 1 aromatic heterocycles. The van der Waals surface area contributed by atoms with Crippen LogP contribution in [0.2, 0.25) is 5.02 Å². The number of hydrogen-bond donors (Lipinski definition) is 1. The van der Waals surface area contributed by atoms with Gasteiger partial charge in [-0.15, -0.1) is 0 Å². The van der Waals surface area contributed by atoms with Gasteiger partial charge in [-0.2, -0.15) is 0 Å². The first-order valence-electron chi connectivity index (χ1n) is 11.0. The number of carbonyl (C=O) groups excluding carboxylic acids is 1. The number of rotatable bonds is 8. The van der Waals surface area contributed by atoms with Gasteiger partial charge in [0.1, 0.15) is 5.82 Å². The van der Waals surface area contributed by atoms with Crippen LogP contribution in [0.5, 0.6) is 0 Å². The number of ether oxygens (including phenoxy) is 1. The highest BCUT2D eigenvalue weighted by molar-refractivity contribution is 7.98. The molecule has 0 aliphatic carbocycles. The summed E-state index contributed by atoms with van der Waals surface area (Å²) < 4.78 is 20.8. The Morgan fingerprint density at radius 2 is 2.18 bits per heavy atom. The highest BCUT2D eigenvalue weighted by Gasteiger charge is 2.21. The largest absolute Gasteiger partial charge is 0.376 e. The minimum Gasteiger partial charge on any atom is -0.376 e. The molecule has 4 rings (SSSR count). The zero-order valence-electron chi connectivity index (χ0n) is 18.3. The Balaban J connectivity index is 1.71. The average molecular weight is 490 g/mol. The van der Waals surface area contributed by atoms with E-state index in [1.54, 1.807) is 28.8 Å². The standard InChI is InChI=1S/C24H25ClFN3O3S/c1-2-9-27-22(30)15-6-8-19-21(11-15)28-24(29(23(19)31)13-18-4-3-10-32-18)33-14-16-5-7-17(26)12-20(16)25/h5-8,11-12,18H,2-4,9-10,13-14H2,1H3,(H,27,30)/t18-/m0/s1. The Labute approximate surface area is 200 Å². The summed E-state index contributed by atoms with van der Waals surface area (Å²) in [7, 11) is 0. The van der Waals surface area contributed by atoms with Crippen LogP contribution < -0.4 is 10.9 Å². The molecule has 9 heteroatoms. The predicted molar refractivity (Wildman–Crippen MR) is 129 cm³/mol. The molecule has 2 aromatic carbocycles. The van der Waals surface area contributed by atoms with Crippen LogP contribution in [0.1, 0.15) is 42.1 Å². The zero-order valence-corrected chi connectivity index (χ0v) is 19.8. The van der Waals surface area contributed by atoms with Gasteiger partial charge >= 0.3 is 0 Å². The number of benzene rings is 2. The van der Waals surface area contributed by atoms with Gasteiger partial charge in [0, 0.05) is 29.5 Å². The van der Waals surface area contributed by atoms with Crippen molar-refractivity contribution in [2.75, 3.05) is 13.2 Å². The maximum Gasteiger partial charge on any atom is 0.262 e. The maximum absolute atomic E-state index is 13.4. The number of hydrogen-bond acceptors (Lipinski definition) is 5. The van der Waals surface area contributed by atoms with Crippen molar-refractivity contribution in [2.24, 2.45) is 0 Å². The molecule has 0 saturated carbocycles. The van der Waals surface area contributed by atoms with Crippen molar-refractivity contribution in [3.8, 4) is 0 Å². The summed E-state index contributed by atoms with van der Waals surface area (Å²) in [6.07, 6.45) is 2.63. The smallest absolute Gasteiger partial charge is 0.262 e. The molecule has 2 heterocycles. The average Bonchev–Trinajstić information content (AvgIpc) is 3.32. The van der Waals surface area contributed by atoms with Gasteiger partial charge in [0.25, 0.3) is 11.5 Å². The van der Waals surface area contributed by atoms with Crippen molar-refractivity contribution < 1.29 is 13.9 Å². The van der Waals surface area contributed by atoms with Gasteiger partial charge in [-0.3, -0.25) is 14.2 Å². The van der Waals surface area contributed by atoms with Crippen LogP contribution in [0.25, 0.3) is 10.9 Å². The number of thioether (sulfide) groups is 1. The molecule has 0 spiro atoms. The Morgan fingerprint density at radius 1 is 1.33 bits per heavy atom. The Hall–Kier alpha value is -2.42. The fourth-order valence-corrected chi connectivity index (χ4v) is 5.05. The Bertz CT molecular complexity index is 1230. The Morgan fingerprint density at radius 3 is 2.91 bits per heavy atom. The van der Waals surface area contributed by atoms with Gasteiger partial charge in [0.2, 0.25) is 0 Å². The number of aromatic nitrogens is 2. The number of carbonyl (C=O) groups is 1. The SMILES string of the molecule is CCCNC(=O)c1ccc2c(=O)n(C[C@@H]3CCCO3)c(SCc3ccc(F)cc3Cl)nc2c1. The molecule has 1 N–H and O–H groups in total. The van der Waals surface area contributed by atoms with E-state index >= 15 is 0 Å². The molecule has 0 bridgehead atoms. The van der Waals surface area contributed by atoms with E-state index in [0.717, 1.165) is 24.8 Å². The van der Waals surface area contributed by atoms with Crippen molar-refractivity contribution in [1.29, 1.82) is 0 Å². The molecule has 1 amide bonds. The number of amides is 1. The van der Waals surface area contributed by atoms with Crippen molar-refractivity contribution >= 4 is 40.2 Å². The van der Waals surface area contributed by atoms with E-state index < -0.39 is 5.82 Å². The molecule has 0 unspecified atom stereocenters.